The van der Waals surface area contributed by atoms with Gasteiger partial charge in [0.25, 0.3) is 0 Å². The van der Waals surface area contributed by atoms with E-state index in [2.05, 4.69) is 22.0 Å². The molecule has 1 aliphatic heterocycles. The number of anilines is 2. The lowest BCUT2D eigenvalue weighted by atomic mass is 10.2. The van der Waals surface area contributed by atoms with Gasteiger partial charge in [-0.15, -0.1) is 0 Å². The fourth-order valence-electron chi connectivity index (χ4n) is 2.29. The number of likely N-dealkylation sites (N-methyl/N-ethyl adjacent to an activating group) is 1. The van der Waals surface area contributed by atoms with E-state index in [1.54, 1.807) is 0 Å². The van der Waals surface area contributed by atoms with E-state index in [0.29, 0.717) is 12.2 Å². The first kappa shape index (κ1) is 14.7. The van der Waals surface area contributed by atoms with E-state index in [-0.39, 0.29) is 11.6 Å². The van der Waals surface area contributed by atoms with Crippen molar-refractivity contribution in [1.82, 2.24) is 9.80 Å². The number of carbonyl (C=O) groups excluding carboxylic acids is 1. The molecule has 1 aliphatic rings. The van der Waals surface area contributed by atoms with Crippen LogP contribution in [0.4, 0.5) is 15.8 Å². The topological polar surface area (TPSA) is 61.6 Å². The van der Waals surface area contributed by atoms with Crippen LogP contribution in [0.2, 0.25) is 0 Å². The van der Waals surface area contributed by atoms with Crippen LogP contribution in [0.5, 0.6) is 0 Å². The van der Waals surface area contributed by atoms with Crippen molar-refractivity contribution < 1.29 is 9.18 Å². The molecule has 1 amide bonds. The minimum Gasteiger partial charge on any atom is -0.396 e. The summed E-state index contributed by atoms with van der Waals surface area (Å²) in [6.07, 6.45) is 0. The number of nitrogen functional groups attached to an aromatic ring is 1. The van der Waals surface area contributed by atoms with Crippen molar-refractivity contribution in [3.8, 4) is 0 Å². The average molecular weight is 280 g/mol. The molecule has 0 bridgehead atoms. The third-order valence-corrected chi connectivity index (χ3v) is 3.56. The maximum Gasteiger partial charge on any atom is 0.238 e. The number of carbonyl (C=O) groups is 1. The molecule has 0 aromatic heterocycles. The van der Waals surface area contributed by atoms with E-state index in [1.165, 1.54) is 18.2 Å². The smallest absolute Gasteiger partial charge is 0.238 e. The molecule has 0 spiro atoms. The van der Waals surface area contributed by atoms with Crippen LogP contribution in [0.3, 0.4) is 0 Å². The second kappa shape index (κ2) is 6.67. The Labute approximate surface area is 118 Å². The maximum atomic E-state index is 13.0. The van der Waals surface area contributed by atoms with Gasteiger partial charge >= 0.3 is 0 Å². The molecule has 6 heteroatoms. The summed E-state index contributed by atoms with van der Waals surface area (Å²) in [5.41, 5.74) is 6.04. The number of amides is 1. The molecule has 5 nitrogen and oxygen atoms in total. The first-order chi connectivity index (χ1) is 9.58. The number of benzene rings is 1. The molecule has 1 heterocycles. The molecule has 1 fully saturated rings. The zero-order valence-electron chi connectivity index (χ0n) is 11.7. The molecule has 3 N–H and O–H groups in total. The second-order valence-corrected chi connectivity index (χ2v) is 4.99. The molecule has 1 aromatic carbocycles. The van der Waals surface area contributed by atoms with Crippen LogP contribution in [-0.4, -0.2) is 55.0 Å². The van der Waals surface area contributed by atoms with Crippen LogP contribution in [0.25, 0.3) is 0 Å². The number of halogens is 1. The summed E-state index contributed by atoms with van der Waals surface area (Å²) in [6.45, 7) is 7.32. The van der Waals surface area contributed by atoms with Gasteiger partial charge in [-0.25, -0.2) is 4.39 Å². The van der Waals surface area contributed by atoms with Gasteiger partial charge < -0.3 is 16.0 Å². The van der Waals surface area contributed by atoms with E-state index in [0.717, 1.165) is 32.7 Å². The third kappa shape index (κ3) is 3.91. The zero-order chi connectivity index (χ0) is 14.5. The molecule has 1 aromatic rings. The van der Waals surface area contributed by atoms with Crippen molar-refractivity contribution in [2.24, 2.45) is 0 Å². The fraction of sp³-hybridized carbons (Fsp3) is 0.500. The quantitative estimate of drug-likeness (QED) is 0.807. The number of hydrogen-bond acceptors (Lipinski definition) is 4. The van der Waals surface area contributed by atoms with Gasteiger partial charge in [-0.3, -0.25) is 9.69 Å². The predicted octanol–water partition coefficient (Wildman–Crippen LogP) is 0.984. The van der Waals surface area contributed by atoms with E-state index in [1.807, 2.05) is 0 Å². The van der Waals surface area contributed by atoms with Gasteiger partial charge in [-0.05, 0) is 24.7 Å². The molecule has 0 atom stereocenters. The van der Waals surface area contributed by atoms with Gasteiger partial charge in [0.05, 0.1) is 12.2 Å². The van der Waals surface area contributed by atoms with Crippen LogP contribution < -0.4 is 11.1 Å². The molecular weight excluding hydrogens is 259 g/mol. The Morgan fingerprint density at radius 1 is 1.30 bits per heavy atom. The Morgan fingerprint density at radius 2 is 1.95 bits per heavy atom. The van der Waals surface area contributed by atoms with Crippen LogP contribution in [-0.2, 0) is 4.79 Å². The van der Waals surface area contributed by atoms with Gasteiger partial charge in [0, 0.05) is 31.9 Å². The van der Waals surface area contributed by atoms with Crippen molar-refractivity contribution in [2.75, 3.05) is 50.3 Å². The highest BCUT2D eigenvalue weighted by Crippen LogP contribution is 2.16. The monoisotopic (exact) mass is 280 g/mol. The summed E-state index contributed by atoms with van der Waals surface area (Å²) in [7, 11) is 0. The Balaban J connectivity index is 1.82. The summed E-state index contributed by atoms with van der Waals surface area (Å²) in [4.78, 5) is 16.4. The number of nitrogens with zero attached hydrogens (tertiary/aromatic N) is 2. The molecule has 0 aliphatic carbocycles. The van der Waals surface area contributed by atoms with Crippen LogP contribution in [0.15, 0.2) is 18.2 Å². The van der Waals surface area contributed by atoms with Crippen molar-refractivity contribution in [1.29, 1.82) is 0 Å². The highest BCUT2D eigenvalue weighted by atomic mass is 19.1. The van der Waals surface area contributed by atoms with Gasteiger partial charge in [-0.1, -0.05) is 6.92 Å². The average Bonchev–Trinajstić information content (AvgIpc) is 2.44. The van der Waals surface area contributed by atoms with Crippen LogP contribution >= 0.6 is 0 Å². The molecule has 0 saturated carbocycles. The zero-order valence-corrected chi connectivity index (χ0v) is 11.7. The molecule has 0 radical (unpaired) electrons. The largest absolute Gasteiger partial charge is 0.396 e. The standard InChI is InChI=1S/C14H21FN4O/c1-2-18-5-7-19(8-6-18)10-14(20)17-11-3-4-12(15)13(16)9-11/h3-4,9H,2,5-8,10,16H2,1H3,(H,17,20). The van der Waals surface area contributed by atoms with E-state index in [4.69, 9.17) is 5.73 Å². The molecule has 1 saturated heterocycles. The lowest BCUT2D eigenvalue weighted by Gasteiger charge is -2.33. The molecule has 2 rings (SSSR count). The van der Waals surface area contributed by atoms with Gasteiger partial charge in [0.15, 0.2) is 0 Å². The first-order valence-electron chi connectivity index (χ1n) is 6.88. The van der Waals surface area contributed by atoms with Crippen LogP contribution in [0.1, 0.15) is 6.92 Å². The van der Waals surface area contributed by atoms with Crippen molar-refractivity contribution in [3.05, 3.63) is 24.0 Å². The van der Waals surface area contributed by atoms with Crippen molar-refractivity contribution >= 4 is 17.3 Å². The van der Waals surface area contributed by atoms with Gasteiger partial charge in [0.1, 0.15) is 5.82 Å². The summed E-state index contributed by atoms with van der Waals surface area (Å²) in [5, 5.41) is 2.74. The number of piperazine rings is 1. The van der Waals surface area contributed by atoms with E-state index in [9.17, 15) is 9.18 Å². The fourth-order valence-corrected chi connectivity index (χ4v) is 2.29. The third-order valence-electron chi connectivity index (χ3n) is 3.56. The number of hydrogen-bond donors (Lipinski definition) is 2. The summed E-state index contributed by atoms with van der Waals surface area (Å²) < 4.78 is 13.0. The van der Waals surface area contributed by atoms with Crippen LogP contribution in [0, 0.1) is 5.82 Å². The Kier molecular flexibility index (Phi) is 4.92. The Morgan fingerprint density at radius 3 is 2.55 bits per heavy atom. The van der Waals surface area contributed by atoms with E-state index < -0.39 is 5.82 Å². The molecule has 20 heavy (non-hydrogen) atoms. The maximum absolute atomic E-state index is 13.0. The summed E-state index contributed by atoms with van der Waals surface area (Å²) in [5.74, 6) is -0.570. The number of rotatable bonds is 4. The lowest BCUT2D eigenvalue weighted by Crippen LogP contribution is -2.48. The summed E-state index contributed by atoms with van der Waals surface area (Å²) in [6, 6.07) is 4.20. The Hall–Kier alpha value is -1.66. The minimum atomic E-state index is -0.473. The van der Waals surface area contributed by atoms with Gasteiger partial charge in [0.2, 0.25) is 5.91 Å². The first-order valence-corrected chi connectivity index (χ1v) is 6.88. The predicted molar refractivity (Wildman–Crippen MR) is 78.0 cm³/mol. The number of nitrogens with one attached hydrogen (secondary N) is 1. The Bertz CT molecular complexity index is 472. The molecule has 110 valence electrons. The highest BCUT2D eigenvalue weighted by Gasteiger charge is 2.17. The molecule has 0 unspecified atom stereocenters. The SMILES string of the molecule is CCN1CCN(CC(=O)Nc2ccc(F)c(N)c2)CC1. The second-order valence-electron chi connectivity index (χ2n) is 4.99. The van der Waals surface area contributed by atoms with Crippen molar-refractivity contribution in [2.45, 2.75) is 6.92 Å². The van der Waals surface area contributed by atoms with E-state index >= 15 is 0 Å². The number of nitrogens with two attached hydrogens (primary N) is 1. The molecular formula is C14H21FN4O. The minimum absolute atomic E-state index is 0.0411. The van der Waals surface area contributed by atoms with Crippen molar-refractivity contribution in [3.63, 3.8) is 0 Å². The normalized spacial score (nSPS) is 17.1. The lowest BCUT2D eigenvalue weighted by molar-refractivity contribution is -0.117. The van der Waals surface area contributed by atoms with Gasteiger partial charge in [-0.2, -0.15) is 0 Å². The highest BCUT2D eigenvalue weighted by molar-refractivity contribution is 5.92. The summed E-state index contributed by atoms with van der Waals surface area (Å²) >= 11 is 0.